The predicted octanol–water partition coefficient (Wildman–Crippen LogP) is 2.74. The average Bonchev–Trinajstić information content (AvgIpc) is 2.32. The average molecular weight is 255 g/mol. The molecule has 104 valence electrons. The van der Waals surface area contributed by atoms with E-state index in [0.29, 0.717) is 6.54 Å². The molecule has 0 aromatic carbocycles. The Morgan fingerprint density at radius 1 is 1.22 bits per heavy atom. The lowest BCUT2D eigenvalue weighted by atomic mass is 10.0. The molecule has 0 aromatic rings. The summed E-state index contributed by atoms with van der Waals surface area (Å²) in [5, 5.41) is 11.6. The van der Waals surface area contributed by atoms with E-state index in [9.17, 15) is 9.59 Å². The van der Waals surface area contributed by atoms with Gasteiger partial charge in [-0.05, 0) is 19.8 Å². The molecule has 0 aliphatic heterocycles. The van der Waals surface area contributed by atoms with Gasteiger partial charge in [-0.15, -0.1) is 0 Å². The molecule has 1 amide bonds. The number of unbranched alkanes of at least 4 members (excludes halogenated alkanes) is 4. The zero-order valence-electron chi connectivity index (χ0n) is 11.4. The van der Waals surface area contributed by atoms with Crippen molar-refractivity contribution in [3.63, 3.8) is 0 Å². The van der Waals surface area contributed by atoms with Crippen molar-refractivity contribution in [1.29, 1.82) is 0 Å². The number of hydrogen-bond donors (Lipinski definition) is 2. The van der Waals surface area contributed by atoms with Crippen LogP contribution in [-0.4, -0.2) is 23.5 Å². The first kappa shape index (κ1) is 16.7. The monoisotopic (exact) mass is 255 g/mol. The number of carboxylic acid groups (broad SMARTS) is 1. The highest BCUT2D eigenvalue weighted by atomic mass is 16.4. The van der Waals surface area contributed by atoms with Gasteiger partial charge in [-0.3, -0.25) is 9.59 Å². The van der Waals surface area contributed by atoms with Gasteiger partial charge < -0.3 is 10.4 Å². The second-order valence-electron chi connectivity index (χ2n) is 4.38. The summed E-state index contributed by atoms with van der Waals surface area (Å²) in [6, 6.07) is 0. The van der Waals surface area contributed by atoms with Gasteiger partial charge in [0.05, 0.1) is 5.92 Å². The van der Waals surface area contributed by atoms with Crippen LogP contribution in [0.2, 0.25) is 0 Å². The summed E-state index contributed by atoms with van der Waals surface area (Å²) >= 11 is 0. The number of hydrogen-bond acceptors (Lipinski definition) is 2. The highest BCUT2D eigenvalue weighted by Crippen LogP contribution is 2.09. The molecule has 0 fully saturated rings. The van der Waals surface area contributed by atoms with E-state index < -0.39 is 11.9 Å². The third-order valence-corrected chi connectivity index (χ3v) is 2.69. The lowest BCUT2D eigenvalue weighted by Gasteiger charge is -2.07. The summed E-state index contributed by atoms with van der Waals surface area (Å²) in [4.78, 5) is 22.3. The van der Waals surface area contributed by atoms with Crippen molar-refractivity contribution in [1.82, 2.24) is 5.32 Å². The fourth-order valence-electron chi connectivity index (χ4n) is 1.66. The van der Waals surface area contributed by atoms with Crippen LogP contribution in [0.15, 0.2) is 12.2 Å². The minimum absolute atomic E-state index is 0.0225. The molecule has 0 saturated carbocycles. The molecule has 1 atom stereocenters. The third kappa shape index (κ3) is 8.79. The van der Waals surface area contributed by atoms with Gasteiger partial charge in [0, 0.05) is 13.0 Å². The number of rotatable bonds is 10. The number of allylic oxidation sites excluding steroid dienone is 1. The Bertz CT molecular complexity index is 274. The van der Waals surface area contributed by atoms with Crippen LogP contribution in [-0.2, 0) is 9.59 Å². The van der Waals surface area contributed by atoms with E-state index in [1.165, 1.54) is 19.3 Å². The number of carbonyl (C=O) groups is 2. The highest BCUT2D eigenvalue weighted by Gasteiger charge is 2.17. The van der Waals surface area contributed by atoms with Crippen molar-refractivity contribution in [3.05, 3.63) is 12.2 Å². The van der Waals surface area contributed by atoms with Gasteiger partial charge in [-0.25, -0.2) is 0 Å². The van der Waals surface area contributed by atoms with Crippen LogP contribution in [0.4, 0.5) is 0 Å². The molecule has 4 heteroatoms. The Balaban J connectivity index is 3.99. The Labute approximate surface area is 109 Å². The van der Waals surface area contributed by atoms with Gasteiger partial charge >= 0.3 is 5.97 Å². The first-order valence-corrected chi connectivity index (χ1v) is 6.78. The normalized spacial score (nSPS) is 12.6. The number of amides is 1. The SMILES string of the molecule is CCCCCCC=CC(CC(=O)NCC)C(=O)O. The van der Waals surface area contributed by atoms with Crippen LogP contribution in [0.5, 0.6) is 0 Å². The van der Waals surface area contributed by atoms with Crippen molar-refractivity contribution in [2.75, 3.05) is 6.54 Å². The van der Waals surface area contributed by atoms with Crippen LogP contribution in [0.25, 0.3) is 0 Å². The summed E-state index contributed by atoms with van der Waals surface area (Å²) < 4.78 is 0. The van der Waals surface area contributed by atoms with Crippen LogP contribution in [0, 0.1) is 5.92 Å². The molecule has 2 N–H and O–H groups in total. The molecule has 0 aliphatic rings. The molecule has 0 aromatic heterocycles. The Morgan fingerprint density at radius 3 is 2.50 bits per heavy atom. The first-order valence-electron chi connectivity index (χ1n) is 6.78. The van der Waals surface area contributed by atoms with E-state index in [4.69, 9.17) is 5.11 Å². The lowest BCUT2D eigenvalue weighted by Crippen LogP contribution is -2.27. The van der Waals surface area contributed by atoms with E-state index >= 15 is 0 Å². The second-order valence-corrected chi connectivity index (χ2v) is 4.38. The van der Waals surface area contributed by atoms with Crippen molar-refractivity contribution in [2.45, 2.75) is 52.4 Å². The summed E-state index contributed by atoms with van der Waals surface area (Å²) in [6.07, 6.45) is 9.10. The highest BCUT2D eigenvalue weighted by molar-refractivity contribution is 5.83. The van der Waals surface area contributed by atoms with Crippen LogP contribution in [0.1, 0.15) is 52.4 Å². The number of aliphatic carboxylic acids is 1. The Hall–Kier alpha value is -1.32. The van der Waals surface area contributed by atoms with E-state index in [-0.39, 0.29) is 12.3 Å². The molecule has 0 bridgehead atoms. The first-order chi connectivity index (χ1) is 8.61. The number of carbonyl (C=O) groups excluding carboxylic acids is 1. The molecule has 4 nitrogen and oxygen atoms in total. The summed E-state index contributed by atoms with van der Waals surface area (Å²) in [5.41, 5.74) is 0. The smallest absolute Gasteiger partial charge is 0.310 e. The molecular weight excluding hydrogens is 230 g/mol. The zero-order valence-corrected chi connectivity index (χ0v) is 11.4. The Morgan fingerprint density at radius 2 is 1.94 bits per heavy atom. The molecule has 0 radical (unpaired) electrons. The molecule has 0 spiro atoms. The van der Waals surface area contributed by atoms with Crippen LogP contribution in [0.3, 0.4) is 0 Å². The standard InChI is InChI=1S/C14H25NO3/c1-3-5-6-7-8-9-10-12(14(17)18)11-13(16)15-4-2/h9-10,12H,3-8,11H2,1-2H3,(H,15,16)(H,17,18). The van der Waals surface area contributed by atoms with Gasteiger partial charge in [-0.2, -0.15) is 0 Å². The number of carboxylic acids is 1. The largest absolute Gasteiger partial charge is 0.481 e. The molecule has 18 heavy (non-hydrogen) atoms. The van der Waals surface area contributed by atoms with Crippen LogP contribution >= 0.6 is 0 Å². The maximum Gasteiger partial charge on any atom is 0.310 e. The summed E-state index contributed by atoms with van der Waals surface area (Å²) in [6.45, 7) is 4.51. The van der Waals surface area contributed by atoms with Crippen molar-refractivity contribution in [3.8, 4) is 0 Å². The maximum absolute atomic E-state index is 11.3. The van der Waals surface area contributed by atoms with E-state index in [2.05, 4.69) is 12.2 Å². The third-order valence-electron chi connectivity index (χ3n) is 2.69. The van der Waals surface area contributed by atoms with Crippen molar-refractivity contribution >= 4 is 11.9 Å². The minimum Gasteiger partial charge on any atom is -0.481 e. The van der Waals surface area contributed by atoms with Crippen molar-refractivity contribution in [2.24, 2.45) is 5.92 Å². The predicted molar refractivity (Wildman–Crippen MR) is 72.3 cm³/mol. The second kappa shape index (κ2) is 10.8. The number of nitrogens with one attached hydrogen (secondary N) is 1. The zero-order chi connectivity index (χ0) is 13.8. The van der Waals surface area contributed by atoms with Gasteiger partial charge in [0.25, 0.3) is 0 Å². The van der Waals surface area contributed by atoms with Gasteiger partial charge in [0.2, 0.25) is 5.91 Å². The molecule has 0 rings (SSSR count). The van der Waals surface area contributed by atoms with Gasteiger partial charge in [0.15, 0.2) is 0 Å². The molecule has 0 heterocycles. The fourth-order valence-corrected chi connectivity index (χ4v) is 1.66. The van der Waals surface area contributed by atoms with Gasteiger partial charge in [-0.1, -0.05) is 38.3 Å². The summed E-state index contributed by atoms with van der Waals surface area (Å²) in [5.74, 6) is -1.85. The molecular formula is C14H25NO3. The van der Waals surface area contributed by atoms with Gasteiger partial charge in [0.1, 0.15) is 0 Å². The summed E-state index contributed by atoms with van der Waals surface area (Å²) in [7, 11) is 0. The van der Waals surface area contributed by atoms with Crippen LogP contribution < -0.4 is 5.32 Å². The molecule has 0 saturated heterocycles. The Kier molecular flexibility index (Phi) is 10.0. The molecule has 0 aliphatic carbocycles. The maximum atomic E-state index is 11.3. The topological polar surface area (TPSA) is 66.4 Å². The lowest BCUT2D eigenvalue weighted by molar-refractivity contribution is -0.142. The quantitative estimate of drug-likeness (QED) is 0.466. The van der Waals surface area contributed by atoms with Crippen molar-refractivity contribution < 1.29 is 14.7 Å². The minimum atomic E-state index is -0.939. The van der Waals surface area contributed by atoms with E-state index in [1.807, 2.05) is 13.0 Å². The van der Waals surface area contributed by atoms with E-state index in [0.717, 1.165) is 12.8 Å². The molecule has 1 unspecified atom stereocenters. The van der Waals surface area contributed by atoms with E-state index in [1.54, 1.807) is 6.08 Å². The fraction of sp³-hybridized carbons (Fsp3) is 0.714.